The van der Waals surface area contributed by atoms with Crippen LogP contribution in [0.5, 0.6) is 5.75 Å². The van der Waals surface area contributed by atoms with Gasteiger partial charge in [0, 0.05) is 17.9 Å². The van der Waals surface area contributed by atoms with Crippen molar-refractivity contribution in [1.82, 2.24) is 5.32 Å². The Hall–Kier alpha value is -3.15. The minimum atomic E-state index is -0.793. The Bertz CT molecular complexity index is 817. The van der Waals surface area contributed by atoms with Gasteiger partial charge in [-0.2, -0.15) is 0 Å². The van der Waals surface area contributed by atoms with Gasteiger partial charge in [0.25, 0.3) is 0 Å². The highest BCUT2D eigenvalue weighted by molar-refractivity contribution is 5.96. The Morgan fingerprint density at radius 3 is 2.31 bits per heavy atom. The molecule has 0 aromatic heterocycles. The molecule has 0 fully saturated rings. The van der Waals surface area contributed by atoms with Gasteiger partial charge in [-0.05, 0) is 37.0 Å². The lowest BCUT2D eigenvalue weighted by Gasteiger charge is -2.19. The molecular weight excluding hydrogens is 370 g/mol. The molecule has 154 valence electrons. The number of aromatic hydroxyl groups is 1. The van der Waals surface area contributed by atoms with Gasteiger partial charge in [0.15, 0.2) is 5.78 Å². The van der Waals surface area contributed by atoms with E-state index in [0.717, 1.165) is 5.56 Å². The van der Waals surface area contributed by atoms with Gasteiger partial charge >= 0.3 is 5.97 Å². The second-order valence-electron chi connectivity index (χ2n) is 7.04. The molecule has 0 heterocycles. The number of ketones is 1. The van der Waals surface area contributed by atoms with Crippen molar-refractivity contribution >= 4 is 17.7 Å². The summed E-state index contributed by atoms with van der Waals surface area (Å²) < 4.78 is 4.80. The highest BCUT2D eigenvalue weighted by atomic mass is 16.5. The molecule has 2 N–H and O–H groups in total. The van der Waals surface area contributed by atoms with Crippen LogP contribution in [0.4, 0.5) is 0 Å². The summed E-state index contributed by atoms with van der Waals surface area (Å²) in [6.45, 7) is 1.77. The monoisotopic (exact) mass is 397 g/mol. The molecule has 0 saturated heterocycles. The van der Waals surface area contributed by atoms with Crippen molar-refractivity contribution in [2.45, 2.75) is 38.6 Å². The number of Topliss-reactive ketones (excluding diaryl/α,β-unsaturated/α-hetero) is 1. The minimum absolute atomic E-state index is 0.00115. The van der Waals surface area contributed by atoms with Crippen LogP contribution in [0, 0.1) is 5.92 Å². The van der Waals surface area contributed by atoms with Crippen molar-refractivity contribution in [2.75, 3.05) is 7.11 Å². The van der Waals surface area contributed by atoms with Crippen molar-refractivity contribution in [1.29, 1.82) is 0 Å². The largest absolute Gasteiger partial charge is 0.508 e. The van der Waals surface area contributed by atoms with Crippen LogP contribution in [0.2, 0.25) is 0 Å². The van der Waals surface area contributed by atoms with E-state index in [9.17, 15) is 19.5 Å². The third-order valence-corrected chi connectivity index (χ3v) is 4.72. The van der Waals surface area contributed by atoms with Gasteiger partial charge in [0.05, 0.1) is 7.11 Å². The van der Waals surface area contributed by atoms with Crippen LogP contribution in [-0.4, -0.2) is 35.9 Å². The molecule has 6 nitrogen and oxygen atoms in total. The van der Waals surface area contributed by atoms with Crippen LogP contribution >= 0.6 is 0 Å². The fourth-order valence-electron chi connectivity index (χ4n) is 3.02. The van der Waals surface area contributed by atoms with Gasteiger partial charge in [0.1, 0.15) is 11.8 Å². The predicted octanol–water partition coefficient (Wildman–Crippen LogP) is 3.28. The summed E-state index contributed by atoms with van der Waals surface area (Å²) in [7, 11) is 1.27. The van der Waals surface area contributed by atoms with Crippen LogP contribution in [0.25, 0.3) is 0 Å². The predicted molar refractivity (Wildman–Crippen MR) is 110 cm³/mol. The number of nitrogens with one attached hydrogen (secondary N) is 1. The standard InChI is InChI=1S/C23H27NO5/c1-16(15-17-11-13-19(25)14-12-17)22(27)24-20(23(28)29-2)9-6-10-21(26)18-7-4-3-5-8-18/h3-5,7-8,11-14,16,20,25H,6,9-10,15H2,1-2H3,(H,24,27)/t16-,20-/m0/s1. The zero-order valence-electron chi connectivity index (χ0n) is 16.8. The van der Waals surface area contributed by atoms with Gasteiger partial charge in [-0.25, -0.2) is 4.79 Å². The smallest absolute Gasteiger partial charge is 0.328 e. The van der Waals surface area contributed by atoms with Gasteiger partial charge in [-0.3, -0.25) is 9.59 Å². The van der Waals surface area contributed by atoms with E-state index in [1.54, 1.807) is 55.5 Å². The number of amides is 1. The van der Waals surface area contributed by atoms with Crippen molar-refractivity contribution in [3.8, 4) is 5.75 Å². The number of methoxy groups -OCH3 is 1. The van der Waals surface area contributed by atoms with E-state index in [-0.39, 0.29) is 29.8 Å². The third-order valence-electron chi connectivity index (χ3n) is 4.72. The number of hydrogen-bond donors (Lipinski definition) is 2. The average molecular weight is 397 g/mol. The number of benzene rings is 2. The number of rotatable bonds is 10. The Kier molecular flexibility index (Phi) is 8.40. The van der Waals surface area contributed by atoms with E-state index >= 15 is 0 Å². The Morgan fingerprint density at radius 1 is 1.03 bits per heavy atom. The lowest BCUT2D eigenvalue weighted by atomic mass is 9.99. The van der Waals surface area contributed by atoms with Gasteiger partial charge in [0.2, 0.25) is 5.91 Å². The third kappa shape index (κ3) is 7.07. The molecule has 0 aliphatic rings. The number of phenols is 1. The first kappa shape index (κ1) is 22.1. The number of carbonyl (C=O) groups is 3. The van der Waals surface area contributed by atoms with E-state index in [0.29, 0.717) is 24.8 Å². The zero-order chi connectivity index (χ0) is 21.2. The SMILES string of the molecule is COC(=O)[C@H](CCCC(=O)c1ccccc1)NC(=O)[C@@H](C)Cc1ccc(O)cc1. The molecule has 0 spiro atoms. The molecule has 29 heavy (non-hydrogen) atoms. The normalized spacial score (nSPS) is 12.6. The lowest BCUT2D eigenvalue weighted by Crippen LogP contribution is -2.44. The molecule has 2 atom stereocenters. The highest BCUT2D eigenvalue weighted by Gasteiger charge is 2.24. The van der Waals surface area contributed by atoms with Crippen molar-refractivity contribution in [2.24, 2.45) is 5.92 Å². The first-order valence-corrected chi connectivity index (χ1v) is 9.65. The molecule has 2 aromatic rings. The molecule has 2 rings (SSSR count). The van der Waals surface area contributed by atoms with Crippen LogP contribution in [-0.2, 0) is 20.7 Å². The minimum Gasteiger partial charge on any atom is -0.508 e. The molecule has 0 radical (unpaired) electrons. The molecule has 0 saturated carbocycles. The summed E-state index contributed by atoms with van der Waals surface area (Å²) in [5, 5.41) is 12.1. The maximum atomic E-state index is 12.5. The average Bonchev–Trinajstić information content (AvgIpc) is 2.74. The number of phenolic OH excluding ortho intramolecular Hbond substituents is 1. The van der Waals surface area contributed by atoms with Gasteiger partial charge in [-0.1, -0.05) is 49.4 Å². The molecule has 1 amide bonds. The summed E-state index contributed by atoms with van der Waals surface area (Å²) in [6, 6.07) is 14.8. The summed E-state index contributed by atoms with van der Waals surface area (Å²) in [5.41, 5.74) is 1.54. The Balaban J connectivity index is 1.88. The van der Waals surface area contributed by atoms with Crippen LogP contribution < -0.4 is 5.32 Å². The molecular formula is C23H27NO5. The Labute approximate surface area is 170 Å². The maximum absolute atomic E-state index is 12.5. The van der Waals surface area contributed by atoms with E-state index < -0.39 is 12.0 Å². The van der Waals surface area contributed by atoms with E-state index in [1.165, 1.54) is 7.11 Å². The second kappa shape index (κ2) is 11.0. The summed E-state index contributed by atoms with van der Waals surface area (Å²) in [5.74, 6) is -0.981. The zero-order valence-corrected chi connectivity index (χ0v) is 16.8. The van der Waals surface area contributed by atoms with E-state index in [4.69, 9.17) is 4.74 Å². The maximum Gasteiger partial charge on any atom is 0.328 e. The number of hydrogen-bond acceptors (Lipinski definition) is 5. The molecule has 0 bridgehead atoms. The molecule has 0 aliphatic heterocycles. The van der Waals surface area contributed by atoms with Crippen LogP contribution in [0.3, 0.4) is 0 Å². The molecule has 0 aliphatic carbocycles. The first-order chi connectivity index (χ1) is 13.9. The summed E-state index contributed by atoms with van der Waals surface area (Å²) >= 11 is 0. The molecule has 2 aromatic carbocycles. The number of esters is 1. The van der Waals surface area contributed by atoms with Gasteiger partial charge < -0.3 is 15.2 Å². The summed E-state index contributed by atoms with van der Waals surface area (Å²) in [6.07, 6.45) is 1.55. The van der Waals surface area contributed by atoms with Crippen LogP contribution in [0.15, 0.2) is 54.6 Å². The fourth-order valence-corrected chi connectivity index (χ4v) is 3.02. The topological polar surface area (TPSA) is 92.7 Å². The highest BCUT2D eigenvalue weighted by Crippen LogP contribution is 2.15. The van der Waals surface area contributed by atoms with E-state index in [1.807, 2.05) is 6.07 Å². The van der Waals surface area contributed by atoms with Crippen LogP contribution in [0.1, 0.15) is 42.1 Å². The number of carbonyl (C=O) groups excluding carboxylic acids is 3. The fraction of sp³-hybridized carbons (Fsp3) is 0.348. The molecule has 0 unspecified atom stereocenters. The second-order valence-corrected chi connectivity index (χ2v) is 7.04. The van der Waals surface area contributed by atoms with Crippen molar-refractivity contribution in [3.63, 3.8) is 0 Å². The number of ether oxygens (including phenoxy) is 1. The molecule has 6 heteroatoms. The van der Waals surface area contributed by atoms with E-state index in [2.05, 4.69) is 5.32 Å². The quantitative estimate of drug-likeness (QED) is 0.474. The van der Waals surface area contributed by atoms with Crippen molar-refractivity contribution < 1.29 is 24.2 Å². The van der Waals surface area contributed by atoms with Crippen molar-refractivity contribution in [3.05, 3.63) is 65.7 Å². The Morgan fingerprint density at radius 2 is 1.69 bits per heavy atom. The first-order valence-electron chi connectivity index (χ1n) is 9.65. The summed E-state index contributed by atoms with van der Waals surface area (Å²) in [4.78, 5) is 36.8. The lowest BCUT2D eigenvalue weighted by molar-refractivity contribution is -0.145. The van der Waals surface area contributed by atoms with Gasteiger partial charge in [-0.15, -0.1) is 0 Å².